The molecule has 3 nitrogen and oxygen atoms in total. The zero-order valence-electron chi connectivity index (χ0n) is 9.83. The van der Waals surface area contributed by atoms with E-state index in [1.807, 2.05) is 0 Å². The number of benzene rings is 1. The summed E-state index contributed by atoms with van der Waals surface area (Å²) >= 11 is 17.8. The van der Waals surface area contributed by atoms with Crippen LogP contribution in [0.25, 0.3) is 11.1 Å². The third-order valence-electron chi connectivity index (χ3n) is 2.51. The van der Waals surface area contributed by atoms with Crippen LogP contribution in [-0.2, 0) is 11.2 Å². The number of pyridine rings is 1. The molecule has 1 aromatic carbocycles. The molecule has 0 atom stereocenters. The summed E-state index contributed by atoms with van der Waals surface area (Å²) in [4.78, 5) is 14.2. The number of hydrogen-bond donors (Lipinski definition) is 1. The Morgan fingerprint density at radius 1 is 1.20 bits per heavy atom. The van der Waals surface area contributed by atoms with E-state index in [0.717, 1.165) is 0 Å². The summed E-state index contributed by atoms with van der Waals surface area (Å²) in [5, 5.41) is 9.35. The van der Waals surface area contributed by atoms with E-state index in [0.29, 0.717) is 5.02 Å². The number of halogens is 4. The fourth-order valence-corrected chi connectivity index (χ4v) is 2.73. The lowest BCUT2D eigenvalue weighted by Crippen LogP contribution is -2.04. The van der Waals surface area contributed by atoms with Gasteiger partial charge in [-0.05, 0) is 24.3 Å². The summed E-state index contributed by atoms with van der Waals surface area (Å²) < 4.78 is 14.0. The van der Waals surface area contributed by atoms with Crippen molar-refractivity contribution in [2.75, 3.05) is 0 Å². The van der Waals surface area contributed by atoms with E-state index in [1.54, 1.807) is 0 Å². The molecule has 2 rings (SSSR count). The van der Waals surface area contributed by atoms with E-state index < -0.39 is 11.9 Å². The first-order chi connectivity index (χ1) is 9.38. The second kappa shape index (κ2) is 5.95. The number of hydrogen-bond acceptors (Lipinski definition) is 2. The van der Waals surface area contributed by atoms with E-state index in [1.165, 1.54) is 24.3 Å². The molecule has 1 heterocycles. The van der Waals surface area contributed by atoms with Gasteiger partial charge in [0.1, 0.15) is 0 Å². The van der Waals surface area contributed by atoms with Gasteiger partial charge in [0.05, 0.1) is 22.2 Å². The van der Waals surface area contributed by atoms with Crippen LogP contribution in [0.2, 0.25) is 15.1 Å². The monoisotopic (exact) mass is 333 g/mol. The summed E-state index contributed by atoms with van der Waals surface area (Å²) in [5.74, 6) is -1.93. The predicted octanol–water partition coefficient (Wildman–Crippen LogP) is 4.48. The molecule has 1 N–H and O–H groups in total. The molecule has 0 saturated heterocycles. The molecule has 0 aliphatic carbocycles. The van der Waals surface area contributed by atoms with Crippen LogP contribution in [0.3, 0.4) is 0 Å². The number of nitrogens with zero attached hydrogens (tertiary/aromatic N) is 1. The van der Waals surface area contributed by atoms with E-state index in [4.69, 9.17) is 39.9 Å². The van der Waals surface area contributed by atoms with Crippen LogP contribution in [0.15, 0.2) is 24.3 Å². The van der Waals surface area contributed by atoms with Crippen LogP contribution < -0.4 is 0 Å². The van der Waals surface area contributed by atoms with Gasteiger partial charge in [-0.15, -0.1) is 0 Å². The quantitative estimate of drug-likeness (QED) is 0.842. The first-order valence-corrected chi connectivity index (χ1v) is 6.54. The van der Waals surface area contributed by atoms with Crippen molar-refractivity contribution in [3.05, 3.63) is 51.0 Å². The third kappa shape index (κ3) is 3.20. The molecule has 20 heavy (non-hydrogen) atoms. The summed E-state index contributed by atoms with van der Waals surface area (Å²) in [6.07, 6.45) is -0.362. The lowest BCUT2D eigenvalue weighted by molar-refractivity contribution is -0.136. The topological polar surface area (TPSA) is 50.2 Å². The highest BCUT2D eigenvalue weighted by Gasteiger charge is 2.16. The lowest BCUT2D eigenvalue weighted by atomic mass is 10.1. The Balaban J connectivity index is 2.51. The molecular formula is C13H7Cl3FNO2. The Hall–Kier alpha value is -1.36. The van der Waals surface area contributed by atoms with Gasteiger partial charge in [-0.25, -0.2) is 4.98 Å². The lowest BCUT2D eigenvalue weighted by Gasteiger charge is -2.09. The Morgan fingerprint density at radius 2 is 1.80 bits per heavy atom. The summed E-state index contributed by atoms with van der Waals surface area (Å²) in [7, 11) is 0. The van der Waals surface area contributed by atoms with E-state index in [9.17, 15) is 9.18 Å². The molecule has 0 spiro atoms. The number of carboxylic acids is 1. The Labute approximate surface area is 128 Å². The number of carbonyl (C=O) groups is 1. The van der Waals surface area contributed by atoms with Crippen molar-refractivity contribution in [1.82, 2.24) is 4.98 Å². The van der Waals surface area contributed by atoms with Crippen molar-refractivity contribution in [1.29, 1.82) is 0 Å². The molecule has 0 fully saturated rings. The fraction of sp³-hybridized carbons (Fsp3) is 0.0769. The van der Waals surface area contributed by atoms with Crippen molar-refractivity contribution in [2.24, 2.45) is 0 Å². The predicted molar refractivity (Wildman–Crippen MR) is 76.0 cm³/mol. The highest BCUT2D eigenvalue weighted by molar-refractivity contribution is 6.41. The van der Waals surface area contributed by atoms with Crippen LogP contribution in [0.5, 0.6) is 0 Å². The maximum Gasteiger partial charge on any atom is 0.309 e. The van der Waals surface area contributed by atoms with Gasteiger partial charge >= 0.3 is 5.97 Å². The van der Waals surface area contributed by atoms with Gasteiger partial charge in [0.25, 0.3) is 0 Å². The average Bonchev–Trinajstić information content (AvgIpc) is 2.29. The maximum atomic E-state index is 14.0. The average molecular weight is 335 g/mol. The summed E-state index contributed by atoms with van der Waals surface area (Å²) in [5.41, 5.74) is 0.468. The normalized spacial score (nSPS) is 10.6. The van der Waals surface area contributed by atoms with Gasteiger partial charge in [0, 0.05) is 16.1 Å². The standard InChI is InChI=1S/C13H7Cl3FNO2/c14-6-3-9(15)12(10(16)4-6)8-2-1-7(5-11(19)20)18-13(8)17/h1-4H,5H2,(H,19,20). The second-order valence-electron chi connectivity index (χ2n) is 3.96. The van der Waals surface area contributed by atoms with Crippen molar-refractivity contribution in [2.45, 2.75) is 6.42 Å². The number of aromatic nitrogens is 1. The van der Waals surface area contributed by atoms with Gasteiger partial charge in [-0.2, -0.15) is 4.39 Å². The van der Waals surface area contributed by atoms with Gasteiger partial charge < -0.3 is 5.11 Å². The zero-order chi connectivity index (χ0) is 14.9. The summed E-state index contributed by atoms with van der Waals surface area (Å²) in [6, 6.07) is 5.68. The molecule has 7 heteroatoms. The SMILES string of the molecule is O=C(O)Cc1ccc(-c2c(Cl)cc(Cl)cc2Cl)c(F)n1. The third-order valence-corrected chi connectivity index (χ3v) is 3.33. The van der Waals surface area contributed by atoms with Gasteiger partial charge in [0.2, 0.25) is 5.95 Å². The molecule has 0 bridgehead atoms. The number of carboxylic acid groups (broad SMARTS) is 1. The minimum Gasteiger partial charge on any atom is -0.481 e. The fourth-order valence-electron chi connectivity index (χ4n) is 1.71. The first-order valence-electron chi connectivity index (χ1n) is 5.40. The van der Waals surface area contributed by atoms with Crippen LogP contribution in [-0.4, -0.2) is 16.1 Å². The molecule has 0 radical (unpaired) electrons. The highest BCUT2D eigenvalue weighted by Crippen LogP contribution is 2.38. The molecule has 0 amide bonds. The van der Waals surface area contributed by atoms with Crippen LogP contribution in [0.1, 0.15) is 5.69 Å². The van der Waals surface area contributed by atoms with Crippen LogP contribution in [0.4, 0.5) is 4.39 Å². The molecule has 0 aliphatic rings. The second-order valence-corrected chi connectivity index (χ2v) is 5.21. The number of rotatable bonds is 3. The van der Waals surface area contributed by atoms with Crippen molar-refractivity contribution >= 4 is 40.8 Å². The van der Waals surface area contributed by atoms with Crippen molar-refractivity contribution < 1.29 is 14.3 Å². The van der Waals surface area contributed by atoms with Gasteiger partial charge in [-0.3, -0.25) is 4.79 Å². The van der Waals surface area contributed by atoms with E-state index in [-0.39, 0.29) is 33.3 Å². The molecular weight excluding hydrogens is 328 g/mol. The largest absolute Gasteiger partial charge is 0.481 e. The molecule has 0 saturated carbocycles. The molecule has 0 unspecified atom stereocenters. The van der Waals surface area contributed by atoms with Gasteiger partial charge in [0.15, 0.2) is 0 Å². The van der Waals surface area contributed by atoms with E-state index >= 15 is 0 Å². The zero-order valence-corrected chi connectivity index (χ0v) is 12.1. The van der Waals surface area contributed by atoms with E-state index in [2.05, 4.69) is 4.98 Å². The van der Waals surface area contributed by atoms with Crippen molar-refractivity contribution in [3.8, 4) is 11.1 Å². The minimum atomic E-state index is -1.09. The van der Waals surface area contributed by atoms with Crippen molar-refractivity contribution in [3.63, 3.8) is 0 Å². The van der Waals surface area contributed by atoms with Crippen LogP contribution in [0, 0.1) is 5.95 Å². The highest BCUT2D eigenvalue weighted by atomic mass is 35.5. The van der Waals surface area contributed by atoms with Gasteiger partial charge in [-0.1, -0.05) is 34.8 Å². The number of aliphatic carboxylic acids is 1. The smallest absolute Gasteiger partial charge is 0.309 e. The Morgan fingerprint density at radius 3 is 2.30 bits per heavy atom. The summed E-state index contributed by atoms with van der Waals surface area (Å²) in [6.45, 7) is 0. The Bertz CT molecular complexity index is 668. The van der Waals surface area contributed by atoms with Crippen LogP contribution >= 0.6 is 34.8 Å². The first kappa shape index (κ1) is 15.0. The molecule has 2 aromatic rings. The molecule has 104 valence electrons. The minimum absolute atomic E-state index is 0.0887. The molecule has 0 aliphatic heterocycles. The Kier molecular flexibility index (Phi) is 4.48. The maximum absolute atomic E-state index is 14.0. The molecule has 1 aromatic heterocycles.